The Morgan fingerprint density at radius 3 is 2.78 bits per heavy atom. The molecule has 1 fully saturated rings. The van der Waals surface area contributed by atoms with Crippen LogP contribution in [-0.4, -0.2) is 34.5 Å². The topological polar surface area (TPSA) is 38.9 Å². The first-order valence-electron chi connectivity index (χ1n) is 6.61. The fourth-order valence-electron chi connectivity index (χ4n) is 2.80. The van der Waals surface area contributed by atoms with Crippen LogP contribution in [0.3, 0.4) is 0 Å². The van der Waals surface area contributed by atoms with Gasteiger partial charge in [-0.15, -0.1) is 17.9 Å². The SMILES string of the molecule is C=CCC1CCCC[C@H](c2csc(N)n2)CC1.[NaH]. The molecule has 1 heterocycles. The molecule has 1 aromatic rings. The van der Waals surface area contributed by atoms with E-state index in [9.17, 15) is 0 Å². The maximum absolute atomic E-state index is 5.72. The predicted octanol–water partition coefficient (Wildman–Crippen LogP) is 3.71. The summed E-state index contributed by atoms with van der Waals surface area (Å²) in [4.78, 5) is 4.45. The summed E-state index contributed by atoms with van der Waals surface area (Å²) in [5.41, 5.74) is 6.95. The van der Waals surface area contributed by atoms with Gasteiger partial charge in [0.2, 0.25) is 0 Å². The summed E-state index contributed by atoms with van der Waals surface area (Å²) >= 11 is 1.57. The summed E-state index contributed by atoms with van der Waals surface area (Å²) in [6.45, 7) is 3.86. The van der Waals surface area contributed by atoms with Gasteiger partial charge < -0.3 is 5.73 Å². The molecule has 0 spiro atoms. The van der Waals surface area contributed by atoms with Crippen molar-refractivity contribution in [2.24, 2.45) is 5.92 Å². The molecule has 0 amide bonds. The summed E-state index contributed by atoms with van der Waals surface area (Å²) in [6.07, 6.45) is 11.2. The van der Waals surface area contributed by atoms with E-state index in [-0.39, 0.29) is 29.6 Å². The number of anilines is 1. The number of thiazole rings is 1. The van der Waals surface area contributed by atoms with Crippen molar-refractivity contribution in [1.82, 2.24) is 4.98 Å². The fraction of sp³-hybridized carbons (Fsp3) is 0.643. The number of hydrogen-bond acceptors (Lipinski definition) is 3. The molecule has 2 rings (SSSR count). The Hall–Kier alpha value is 0.170. The van der Waals surface area contributed by atoms with E-state index < -0.39 is 0 Å². The van der Waals surface area contributed by atoms with E-state index >= 15 is 0 Å². The average molecular weight is 274 g/mol. The number of nitrogens with zero attached hydrogens (tertiary/aromatic N) is 1. The van der Waals surface area contributed by atoms with Gasteiger partial charge in [-0.3, -0.25) is 0 Å². The minimum atomic E-state index is 0. The molecule has 2 N–H and O–H groups in total. The number of nitrogen functional groups attached to an aromatic ring is 1. The van der Waals surface area contributed by atoms with Gasteiger partial charge in [-0.05, 0) is 31.6 Å². The molecule has 1 saturated carbocycles. The summed E-state index contributed by atoms with van der Waals surface area (Å²) in [5.74, 6) is 1.47. The van der Waals surface area contributed by atoms with Crippen LogP contribution in [-0.2, 0) is 0 Å². The van der Waals surface area contributed by atoms with E-state index in [0.717, 1.165) is 5.92 Å². The molecule has 0 aromatic carbocycles. The molecule has 96 valence electrons. The van der Waals surface area contributed by atoms with Crippen LogP contribution in [0, 0.1) is 5.92 Å². The quantitative estimate of drug-likeness (QED) is 0.674. The number of rotatable bonds is 3. The van der Waals surface area contributed by atoms with Crippen LogP contribution in [0.5, 0.6) is 0 Å². The number of nitrogens with two attached hydrogens (primary N) is 1. The molecule has 18 heavy (non-hydrogen) atoms. The van der Waals surface area contributed by atoms with Crippen molar-refractivity contribution < 1.29 is 0 Å². The van der Waals surface area contributed by atoms with Crippen LogP contribution < -0.4 is 5.73 Å². The summed E-state index contributed by atoms with van der Waals surface area (Å²) < 4.78 is 0. The number of hydrogen-bond donors (Lipinski definition) is 1. The van der Waals surface area contributed by atoms with Gasteiger partial charge in [-0.25, -0.2) is 4.98 Å². The van der Waals surface area contributed by atoms with Crippen molar-refractivity contribution in [3.05, 3.63) is 23.7 Å². The Balaban J connectivity index is 0.00000162. The average Bonchev–Trinajstić information content (AvgIpc) is 2.69. The van der Waals surface area contributed by atoms with Crippen LogP contribution in [0.15, 0.2) is 18.0 Å². The Kier molecular flexibility index (Phi) is 7.54. The standard InChI is InChI=1S/C14H22N2S.Na.H/c1-2-5-11-6-3-4-7-12(9-8-11)13-10-17-14(15)16-13;;/h2,10-12H,1,3-9H2,(H2,15,16);;/t11?,12-;;/m0../s1. The fourth-order valence-corrected chi connectivity index (χ4v) is 3.45. The first kappa shape index (κ1) is 16.2. The molecular formula is C14H23N2NaS. The zero-order valence-corrected chi connectivity index (χ0v) is 11.2. The summed E-state index contributed by atoms with van der Waals surface area (Å²) in [5, 5.41) is 2.86. The van der Waals surface area contributed by atoms with Gasteiger partial charge in [0.05, 0.1) is 5.69 Å². The van der Waals surface area contributed by atoms with Crippen molar-refractivity contribution in [2.75, 3.05) is 5.73 Å². The predicted molar refractivity (Wildman–Crippen MR) is 82.4 cm³/mol. The van der Waals surface area contributed by atoms with Crippen LogP contribution in [0.1, 0.15) is 56.6 Å². The van der Waals surface area contributed by atoms with Crippen molar-refractivity contribution in [1.29, 1.82) is 0 Å². The Bertz CT molecular complexity index is 364. The number of allylic oxidation sites excluding steroid dienone is 1. The molecule has 0 saturated heterocycles. The van der Waals surface area contributed by atoms with E-state index in [1.54, 1.807) is 11.3 Å². The van der Waals surface area contributed by atoms with E-state index in [2.05, 4.69) is 23.0 Å². The molecule has 0 bridgehead atoms. The first-order chi connectivity index (χ1) is 8.29. The second-order valence-electron chi connectivity index (χ2n) is 5.06. The van der Waals surface area contributed by atoms with Crippen molar-refractivity contribution in [3.8, 4) is 0 Å². The molecule has 1 aromatic heterocycles. The minimum absolute atomic E-state index is 0. The van der Waals surface area contributed by atoms with Crippen LogP contribution in [0.4, 0.5) is 5.13 Å². The third-order valence-electron chi connectivity index (χ3n) is 3.80. The van der Waals surface area contributed by atoms with Crippen LogP contribution in [0.25, 0.3) is 0 Å². The second kappa shape index (κ2) is 8.36. The monoisotopic (exact) mass is 274 g/mol. The molecule has 0 radical (unpaired) electrons. The van der Waals surface area contributed by atoms with Gasteiger partial charge in [-0.1, -0.05) is 25.3 Å². The van der Waals surface area contributed by atoms with Gasteiger partial charge in [0.25, 0.3) is 0 Å². The van der Waals surface area contributed by atoms with Crippen molar-refractivity contribution >= 4 is 46.0 Å². The maximum atomic E-state index is 5.72. The summed E-state index contributed by atoms with van der Waals surface area (Å²) in [6, 6.07) is 0. The Morgan fingerprint density at radius 1 is 1.33 bits per heavy atom. The number of aromatic nitrogens is 1. The molecule has 1 unspecified atom stereocenters. The van der Waals surface area contributed by atoms with Gasteiger partial charge in [0.1, 0.15) is 0 Å². The molecular weight excluding hydrogens is 251 g/mol. The van der Waals surface area contributed by atoms with Crippen LogP contribution >= 0.6 is 11.3 Å². The van der Waals surface area contributed by atoms with Gasteiger partial charge in [-0.2, -0.15) is 0 Å². The summed E-state index contributed by atoms with van der Waals surface area (Å²) in [7, 11) is 0. The van der Waals surface area contributed by atoms with E-state index in [4.69, 9.17) is 5.73 Å². The van der Waals surface area contributed by atoms with Gasteiger partial charge in [0, 0.05) is 11.3 Å². The van der Waals surface area contributed by atoms with E-state index in [1.807, 2.05) is 0 Å². The Morgan fingerprint density at radius 2 is 2.11 bits per heavy atom. The third-order valence-corrected chi connectivity index (χ3v) is 4.49. The molecule has 1 aliphatic rings. The Labute approximate surface area is 136 Å². The molecule has 4 heteroatoms. The van der Waals surface area contributed by atoms with Crippen molar-refractivity contribution in [3.63, 3.8) is 0 Å². The molecule has 2 atom stereocenters. The zero-order valence-electron chi connectivity index (χ0n) is 10.4. The molecule has 2 nitrogen and oxygen atoms in total. The third kappa shape index (κ3) is 4.69. The van der Waals surface area contributed by atoms with Gasteiger partial charge in [0.15, 0.2) is 5.13 Å². The van der Waals surface area contributed by atoms with Crippen LogP contribution in [0.2, 0.25) is 0 Å². The zero-order chi connectivity index (χ0) is 12.1. The first-order valence-corrected chi connectivity index (χ1v) is 7.49. The van der Waals surface area contributed by atoms with Crippen molar-refractivity contribution in [2.45, 2.75) is 50.9 Å². The molecule has 1 aliphatic carbocycles. The normalized spacial score (nSPS) is 24.7. The molecule has 0 aliphatic heterocycles. The van der Waals surface area contributed by atoms with E-state index in [1.165, 1.54) is 50.6 Å². The van der Waals surface area contributed by atoms with Gasteiger partial charge >= 0.3 is 29.6 Å². The second-order valence-corrected chi connectivity index (χ2v) is 5.95. The van der Waals surface area contributed by atoms with E-state index in [0.29, 0.717) is 11.0 Å².